The fourth-order valence-corrected chi connectivity index (χ4v) is 3.47. The second-order valence-corrected chi connectivity index (χ2v) is 7.32. The highest BCUT2D eigenvalue weighted by Gasteiger charge is 2.36. The van der Waals surface area contributed by atoms with E-state index in [4.69, 9.17) is 9.26 Å². The molecule has 138 valence electrons. The van der Waals surface area contributed by atoms with Gasteiger partial charge in [0.2, 0.25) is 5.89 Å². The molecule has 1 fully saturated rings. The summed E-state index contributed by atoms with van der Waals surface area (Å²) in [6.45, 7) is 1.13. The van der Waals surface area contributed by atoms with Gasteiger partial charge in [0.25, 0.3) is 5.91 Å². The molecule has 1 amide bonds. The molecule has 0 saturated carbocycles. The Morgan fingerprint density at radius 1 is 1.26 bits per heavy atom. The van der Waals surface area contributed by atoms with Gasteiger partial charge in [-0.05, 0) is 39.7 Å². The molecule has 1 aliphatic rings. The van der Waals surface area contributed by atoms with Crippen LogP contribution in [0.25, 0.3) is 0 Å². The van der Waals surface area contributed by atoms with Gasteiger partial charge in [-0.1, -0.05) is 35.5 Å². The third-order valence-corrected chi connectivity index (χ3v) is 5.30. The van der Waals surface area contributed by atoms with Crippen molar-refractivity contribution in [3.05, 3.63) is 75.8 Å². The van der Waals surface area contributed by atoms with Crippen LogP contribution in [0.1, 0.15) is 33.6 Å². The number of hydrogen-bond acceptors (Lipinski definition) is 5. The summed E-state index contributed by atoms with van der Waals surface area (Å²) >= 11 is 3.43. The van der Waals surface area contributed by atoms with E-state index in [2.05, 4.69) is 26.1 Å². The number of benzene rings is 2. The van der Waals surface area contributed by atoms with Crippen LogP contribution in [0.5, 0.6) is 5.75 Å². The highest BCUT2D eigenvalue weighted by molar-refractivity contribution is 9.10. The number of halogens is 1. The van der Waals surface area contributed by atoms with Gasteiger partial charge >= 0.3 is 0 Å². The van der Waals surface area contributed by atoms with Crippen molar-refractivity contribution >= 4 is 21.8 Å². The molecule has 0 radical (unpaired) electrons. The fourth-order valence-electron chi connectivity index (χ4n) is 3.05. The second-order valence-electron chi connectivity index (χ2n) is 6.46. The van der Waals surface area contributed by atoms with E-state index in [0.717, 1.165) is 10.0 Å². The van der Waals surface area contributed by atoms with Crippen molar-refractivity contribution in [2.24, 2.45) is 0 Å². The van der Waals surface area contributed by atoms with E-state index >= 15 is 0 Å². The van der Waals surface area contributed by atoms with E-state index in [1.54, 1.807) is 18.1 Å². The van der Waals surface area contributed by atoms with Gasteiger partial charge in [0.15, 0.2) is 5.82 Å². The number of carbonyl (C=O) groups is 1. The quantitative estimate of drug-likeness (QED) is 0.621. The van der Waals surface area contributed by atoms with E-state index in [0.29, 0.717) is 42.5 Å². The third kappa shape index (κ3) is 3.73. The summed E-state index contributed by atoms with van der Waals surface area (Å²) in [4.78, 5) is 19.0. The van der Waals surface area contributed by atoms with Gasteiger partial charge in [-0.2, -0.15) is 4.98 Å². The highest BCUT2D eigenvalue weighted by Crippen LogP contribution is 2.30. The Labute approximate surface area is 165 Å². The molecule has 1 aromatic heterocycles. The maximum Gasteiger partial charge on any atom is 0.255 e. The number of nitrogens with zero attached hydrogens (tertiary/aromatic N) is 3. The molecule has 3 aromatic rings. The molecule has 4 rings (SSSR count). The SMILES string of the molecule is COc1ccc(Br)c(C(=O)N2CC(c3nc(Cc4ccccc4)no3)C2)c1. The molecule has 1 aliphatic heterocycles. The van der Waals surface area contributed by atoms with Crippen LogP contribution in [0, 0.1) is 0 Å². The van der Waals surface area contributed by atoms with Crippen LogP contribution < -0.4 is 4.74 Å². The number of amides is 1. The van der Waals surface area contributed by atoms with Crippen molar-refractivity contribution in [3.8, 4) is 5.75 Å². The van der Waals surface area contributed by atoms with Gasteiger partial charge in [0.05, 0.1) is 18.6 Å². The molecule has 0 bridgehead atoms. The lowest BCUT2D eigenvalue weighted by Gasteiger charge is -2.37. The van der Waals surface area contributed by atoms with E-state index in [-0.39, 0.29) is 11.8 Å². The summed E-state index contributed by atoms with van der Waals surface area (Å²) < 4.78 is 11.4. The third-order valence-electron chi connectivity index (χ3n) is 4.61. The molecule has 2 aromatic carbocycles. The first kappa shape index (κ1) is 17.7. The number of carbonyl (C=O) groups excluding carboxylic acids is 1. The van der Waals surface area contributed by atoms with Gasteiger partial charge < -0.3 is 14.2 Å². The number of ether oxygens (including phenoxy) is 1. The van der Waals surface area contributed by atoms with Crippen molar-refractivity contribution in [1.29, 1.82) is 0 Å². The van der Waals surface area contributed by atoms with Gasteiger partial charge in [-0.3, -0.25) is 4.79 Å². The van der Waals surface area contributed by atoms with Crippen molar-refractivity contribution in [2.75, 3.05) is 20.2 Å². The Bertz CT molecular complexity index is 952. The van der Waals surface area contributed by atoms with E-state index in [9.17, 15) is 4.79 Å². The first-order chi connectivity index (χ1) is 13.1. The summed E-state index contributed by atoms with van der Waals surface area (Å²) in [6.07, 6.45) is 0.635. The first-order valence-corrected chi connectivity index (χ1v) is 9.42. The second kappa shape index (κ2) is 7.52. The average Bonchev–Trinajstić information content (AvgIpc) is 3.09. The Hall–Kier alpha value is -2.67. The van der Waals surface area contributed by atoms with E-state index in [1.165, 1.54) is 0 Å². The molecule has 6 nitrogen and oxygen atoms in total. The smallest absolute Gasteiger partial charge is 0.255 e. The molecule has 7 heteroatoms. The van der Waals surface area contributed by atoms with Gasteiger partial charge in [0.1, 0.15) is 5.75 Å². The van der Waals surface area contributed by atoms with Crippen LogP contribution in [0.2, 0.25) is 0 Å². The van der Waals surface area contributed by atoms with E-state index in [1.807, 2.05) is 42.5 Å². The summed E-state index contributed by atoms with van der Waals surface area (Å²) in [5, 5.41) is 4.07. The maximum absolute atomic E-state index is 12.7. The van der Waals surface area contributed by atoms with E-state index < -0.39 is 0 Å². The predicted molar refractivity (Wildman–Crippen MR) is 103 cm³/mol. The van der Waals surface area contributed by atoms with Crippen LogP contribution >= 0.6 is 15.9 Å². The molecule has 0 spiro atoms. The molecule has 0 N–H and O–H groups in total. The number of methoxy groups -OCH3 is 1. The van der Waals surface area contributed by atoms with Crippen molar-refractivity contribution in [2.45, 2.75) is 12.3 Å². The number of aromatic nitrogens is 2. The Morgan fingerprint density at radius 2 is 2.04 bits per heavy atom. The normalized spacial score (nSPS) is 14.1. The standard InChI is InChI=1S/C20H18BrN3O3/c1-26-15-7-8-17(21)16(10-15)20(25)24-11-14(12-24)19-22-18(23-27-19)9-13-5-3-2-4-6-13/h2-8,10,14H,9,11-12H2,1H3. The topological polar surface area (TPSA) is 68.5 Å². The van der Waals surface area contributed by atoms with Crippen LogP contribution in [0.3, 0.4) is 0 Å². The van der Waals surface area contributed by atoms with Crippen LogP contribution in [0.15, 0.2) is 57.5 Å². The zero-order valence-electron chi connectivity index (χ0n) is 14.8. The summed E-state index contributed by atoms with van der Waals surface area (Å²) in [7, 11) is 1.58. The van der Waals surface area contributed by atoms with Crippen LogP contribution in [-0.2, 0) is 6.42 Å². The van der Waals surface area contributed by atoms with Crippen molar-refractivity contribution in [1.82, 2.24) is 15.0 Å². The molecular formula is C20H18BrN3O3. The zero-order chi connectivity index (χ0) is 18.8. The minimum absolute atomic E-state index is 0.0407. The lowest BCUT2D eigenvalue weighted by atomic mass is 9.98. The average molecular weight is 428 g/mol. The molecule has 0 atom stereocenters. The first-order valence-electron chi connectivity index (χ1n) is 8.63. The summed E-state index contributed by atoms with van der Waals surface area (Å²) in [6, 6.07) is 15.4. The van der Waals surface area contributed by atoms with Crippen molar-refractivity contribution in [3.63, 3.8) is 0 Å². The summed E-state index contributed by atoms with van der Waals surface area (Å²) in [5.74, 6) is 1.95. The minimum Gasteiger partial charge on any atom is -0.497 e. The van der Waals surface area contributed by atoms with Gasteiger partial charge in [-0.15, -0.1) is 0 Å². The van der Waals surface area contributed by atoms with Gasteiger partial charge in [0, 0.05) is 24.0 Å². The molecule has 0 aliphatic carbocycles. The minimum atomic E-state index is -0.0407. The highest BCUT2D eigenvalue weighted by atomic mass is 79.9. The Morgan fingerprint density at radius 3 is 2.78 bits per heavy atom. The lowest BCUT2D eigenvalue weighted by Crippen LogP contribution is -2.48. The van der Waals surface area contributed by atoms with Crippen LogP contribution in [0.4, 0.5) is 0 Å². The summed E-state index contributed by atoms with van der Waals surface area (Å²) in [5.41, 5.74) is 1.72. The fraction of sp³-hybridized carbons (Fsp3) is 0.250. The molecule has 1 saturated heterocycles. The molecule has 2 heterocycles. The molecule has 27 heavy (non-hydrogen) atoms. The monoisotopic (exact) mass is 427 g/mol. The van der Waals surface area contributed by atoms with Crippen LogP contribution in [-0.4, -0.2) is 41.1 Å². The van der Waals surface area contributed by atoms with Crippen molar-refractivity contribution < 1.29 is 14.1 Å². The Kier molecular flexibility index (Phi) is 4.94. The number of hydrogen-bond donors (Lipinski definition) is 0. The lowest BCUT2D eigenvalue weighted by molar-refractivity contribution is 0.0568. The number of likely N-dealkylation sites (tertiary alicyclic amines) is 1. The number of rotatable bonds is 5. The van der Waals surface area contributed by atoms with Gasteiger partial charge in [-0.25, -0.2) is 0 Å². The maximum atomic E-state index is 12.7. The molecular weight excluding hydrogens is 410 g/mol. The zero-order valence-corrected chi connectivity index (χ0v) is 16.3. The predicted octanol–water partition coefficient (Wildman–Crippen LogP) is 3.67. The Balaban J connectivity index is 1.39. The largest absolute Gasteiger partial charge is 0.497 e. The molecule has 0 unspecified atom stereocenters.